The van der Waals surface area contributed by atoms with Crippen molar-refractivity contribution in [1.29, 1.82) is 0 Å². The van der Waals surface area contributed by atoms with Gasteiger partial charge in [-0.3, -0.25) is 4.79 Å². The second-order valence-corrected chi connectivity index (χ2v) is 8.27. The molecule has 0 unspecified atom stereocenters. The van der Waals surface area contributed by atoms with Crippen molar-refractivity contribution in [2.75, 3.05) is 11.9 Å². The first kappa shape index (κ1) is 22.6. The van der Waals surface area contributed by atoms with Gasteiger partial charge in [-0.1, -0.05) is 29.8 Å². The summed E-state index contributed by atoms with van der Waals surface area (Å²) in [6.07, 6.45) is 4.97. The molecule has 2 heterocycles. The highest BCUT2D eigenvalue weighted by molar-refractivity contribution is 6.30. The number of rotatable bonds is 6. The van der Waals surface area contributed by atoms with Gasteiger partial charge in [0, 0.05) is 39.4 Å². The molecule has 4 aromatic rings. The maximum atomic E-state index is 12.7. The van der Waals surface area contributed by atoms with Gasteiger partial charge in [-0.15, -0.1) is 0 Å². The Hall–Kier alpha value is -3.57. The third-order valence-corrected chi connectivity index (χ3v) is 5.76. The smallest absolute Gasteiger partial charge is 0.249 e. The van der Waals surface area contributed by atoms with Crippen molar-refractivity contribution in [1.82, 2.24) is 4.98 Å². The minimum absolute atomic E-state index is 0.250. The van der Waals surface area contributed by atoms with Gasteiger partial charge in [-0.05, 0) is 68.7 Å². The minimum Gasteiger partial charge on any atom is -0.493 e. The summed E-state index contributed by atoms with van der Waals surface area (Å²) in [5, 5.41) is 4.48. The second-order valence-electron chi connectivity index (χ2n) is 7.83. The maximum Gasteiger partial charge on any atom is 0.249 e. The normalized spacial score (nSPS) is 11.6. The lowest BCUT2D eigenvalue weighted by atomic mass is 9.96. The lowest BCUT2D eigenvalue weighted by Crippen LogP contribution is -2.11. The van der Waals surface area contributed by atoms with Crippen molar-refractivity contribution in [2.24, 2.45) is 0 Å². The molecular weight excluding hydrogens is 436 g/mol. The van der Waals surface area contributed by atoms with Crippen LogP contribution in [-0.4, -0.2) is 17.5 Å². The number of amides is 1. The zero-order valence-corrected chi connectivity index (χ0v) is 19.8. The predicted octanol–water partition coefficient (Wildman–Crippen LogP) is 7.21. The van der Waals surface area contributed by atoms with E-state index in [1.165, 1.54) is 0 Å². The molecule has 168 valence electrons. The molecule has 0 bridgehead atoms. The lowest BCUT2D eigenvalue weighted by molar-refractivity contribution is -0.111. The van der Waals surface area contributed by atoms with Crippen LogP contribution < -0.4 is 10.1 Å². The predicted molar refractivity (Wildman–Crippen MR) is 134 cm³/mol. The van der Waals surface area contributed by atoms with E-state index in [9.17, 15) is 4.79 Å². The van der Waals surface area contributed by atoms with Crippen LogP contribution in [0.3, 0.4) is 0 Å². The summed E-state index contributed by atoms with van der Waals surface area (Å²) < 4.78 is 11.9. The molecule has 0 atom stereocenters. The molecule has 0 spiro atoms. The standard InChI is InChI=1S/C27H25ClN2O3/c1-5-32-25-18(4)26-22(23(15-33-26)19-8-10-20(28)11-9-19)14-21(25)17(3)13-24(31)30-27-16(2)7-6-12-29-27/h6-15H,5H2,1-4H3,(H,29,30,31)/b17-13+. The SMILES string of the molecule is CCOc1c(/C(C)=C/C(=O)Nc2ncccc2C)cc2c(-c3ccc(Cl)cc3)coc2c1C. The van der Waals surface area contributed by atoms with E-state index in [0.29, 0.717) is 23.2 Å². The van der Waals surface area contributed by atoms with Gasteiger partial charge in [0.15, 0.2) is 0 Å². The number of nitrogens with one attached hydrogen (secondary N) is 1. The van der Waals surface area contributed by atoms with Crippen LogP contribution in [0.1, 0.15) is 30.5 Å². The molecule has 2 aromatic heterocycles. The van der Waals surface area contributed by atoms with E-state index >= 15 is 0 Å². The fourth-order valence-electron chi connectivity index (χ4n) is 3.84. The number of furan rings is 1. The average molecular weight is 461 g/mol. The number of anilines is 1. The van der Waals surface area contributed by atoms with Crippen molar-refractivity contribution in [2.45, 2.75) is 27.7 Å². The van der Waals surface area contributed by atoms with Gasteiger partial charge in [0.05, 0.1) is 12.9 Å². The van der Waals surface area contributed by atoms with Crippen LogP contribution in [0.25, 0.3) is 27.7 Å². The first-order chi connectivity index (χ1) is 15.9. The van der Waals surface area contributed by atoms with Crippen LogP contribution in [-0.2, 0) is 4.79 Å². The summed E-state index contributed by atoms with van der Waals surface area (Å²) in [6.45, 7) is 8.20. The van der Waals surface area contributed by atoms with Crippen LogP contribution >= 0.6 is 11.6 Å². The second kappa shape index (κ2) is 9.51. The van der Waals surface area contributed by atoms with Crippen molar-refractivity contribution in [3.63, 3.8) is 0 Å². The van der Waals surface area contributed by atoms with Gasteiger partial charge >= 0.3 is 0 Å². The quantitative estimate of drug-likeness (QED) is 0.309. The number of benzene rings is 2. The third kappa shape index (κ3) is 4.64. The molecule has 4 rings (SSSR count). The third-order valence-electron chi connectivity index (χ3n) is 5.51. The fourth-order valence-corrected chi connectivity index (χ4v) is 3.96. The van der Waals surface area contributed by atoms with E-state index in [2.05, 4.69) is 10.3 Å². The summed E-state index contributed by atoms with van der Waals surface area (Å²) in [7, 11) is 0. The van der Waals surface area contributed by atoms with Gasteiger partial charge in [0.25, 0.3) is 0 Å². The van der Waals surface area contributed by atoms with Crippen LogP contribution in [0.2, 0.25) is 5.02 Å². The average Bonchev–Trinajstić information content (AvgIpc) is 3.22. The number of nitrogens with zero attached hydrogens (tertiary/aromatic N) is 1. The Kier molecular flexibility index (Phi) is 6.52. The number of carbonyl (C=O) groups is 1. The zero-order valence-electron chi connectivity index (χ0n) is 19.0. The largest absolute Gasteiger partial charge is 0.493 e. The monoisotopic (exact) mass is 460 g/mol. The maximum absolute atomic E-state index is 12.7. The Morgan fingerprint density at radius 1 is 1.21 bits per heavy atom. The molecule has 6 heteroatoms. The first-order valence-electron chi connectivity index (χ1n) is 10.7. The summed E-state index contributed by atoms with van der Waals surface area (Å²) in [5.74, 6) is 1.00. The van der Waals surface area contributed by atoms with E-state index < -0.39 is 0 Å². The topological polar surface area (TPSA) is 64.4 Å². The van der Waals surface area contributed by atoms with Gasteiger partial charge in [-0.25, -0.2) is 4.98 Å². The molecule has 5 nitrogen and oxygen atoms in total. The Morgan fingerprint density at radius 2 is 1.97 bits per heavy atom. The van der Waals surface area contributed by atoms with Crippen molar-refractivity contribution < 1.29 is 13.9 Å². The van der Waals surface area contributed by atoms with E-state index in [4.69, 9.17) is 20.8 Å². The van der Waals surface area contributed by atoms with E-state index in [1.54, 1.807) is 18.5 Å². The summed E-state index contributed by atoms with van der Waals surface area (Å²) >= 11 is 6.07. The van der Waals surface area contributed by atoms with E-state index in [1.807, 2.05) is 70.2 Å². The number of ether oxygens (including phenoxy) is 1. The molecular formula is C27H25ClN2O3. The fraction of sp³-hybridized carbons (Fsp3) is 0.185. The minimum atomic E-state index is -0.250. The van der Waals surface area contributed by atoms with Crippen molar-refractivity contribution >= 4 is 39.9 Å². The summed E-state index contributed by atoms with van der Waals surface area (Å²) in [6, 6.07) is 13.4. The van der Waals surface area contributed by atoms with Crippen LogP contribution in [0.15, 0.2) is 65.4 Å². The van der Waals surface area contributed by atoms with Crippen LogP contribution in [0.5, 0.6) is 5.75 Å². The molecule has 0 aliphatic heterocycles. The molecule has 1 N–H and O–H groups in total. The van der Waals surface area contributed by atoms with Crippen LogP contribution in [0.4, 0.5) is 5.82 Å². The molecule has 0 saturated heterocycles. The number of hydrogen-bond donors (Lipinski definition) is 1. The molecule has 33 heavy (non-hydrogen) atoms. The lowest BCUT2D eigenvalue weighted by Gasteiger charge is -2.15. The molecule has 0 saturated carbocycles. The highest BCUT2D eigenvalue weighted by Gasteiger charge is 2.19. The van der Waals surface area contributed by atoms with Crippen molar-refractivity contribution in [3.8, 4) is 16.9 Å². The zero-order chi connectivity index (χ0) is 23.5. The first-order valence-corrected chi connectivity index (χ1v) is 11.1. The van der Waals surface area contributed by atoms with Gasteiger partial charge in [-0.2, -0.15) is 0 Å². The number of aromatic nitrogens is 1. The van der Waals surface area contributed by atoms with Crippen molar-refractivity contribution in [3.05, 3.63) is 82.7 Å². The summed E-state index contributed by atoms with van der Waals surface area (Å²) in [5.41, 5.74) is 6.11. The van der Waals surface area contributed by atoms with E-state index in [0.717, 1.165) is 44.4 Å². The van der Waals surface area contributed by atoms with Gasteiger partial charge in [0.1, 0.15) is 17.2 Å². The van der Waals surface area contributed by atoms with E-state index in [-0.39, 0.29) is 5.91 Å². The molecule has 0 fully saturated rings. The Labute approximate surface area is 198 Å². The Bertz CT molecular complexity index is 1350. The Balaban J connectivity index is 1.79. The number of hydrogen-bond acceptors (Lipinski definition) is 4. The molecule has 1 amide bonds. The number of pyridine rings is 1. The van der Waals surface area contributed by atoms with Crippen LogP contribution in [0, 0.1) is 13.8 Å². The highest BCUT2D eigenvalue weighted by Crippen LogP contribution is 2.41. The highest BCUT2D eigenvalue weighted by atomic mass is 35.5. The molecule has 2 aromatic carbocycles. The number of allylic oxidation sites excluding steroid dienone is 1. The molecule has 0 aliphatic carbocycles. The van der Waals surface area contributed by atoms with Gasteiger partial charge < -0.3 is 14.5 Å². The number of fused-ring (bicyclic) bond motifs is 1. The number of carbonyl (C=O) groups excluding carboxylic acids is 1. The number of aryl methyl sites for hydroxylation is 2. The Morgan fingerprint density at radius 3 is 2.67 bits per heavy atom. The number of halogens is 1. The summed E-state index contributed by atoms with van der Waals surface area (Å²) in [4.78, 5) is 17.0. The molecule has 0 radical (unpaired) electrons. The van der Waals surface area contributed by atoms with Gasteiger partial charge in [0.2, 0.25) is 5.91 Å². The molecule has 0 aliphatic rings.